The van der Waals surface area contributed by atoms with Gasteiger partial charge in [0.25, 0.3) is 0 Å². The van der Waals surface area contributed by atoms with Crippen molar-refractivity contribution in [1.29, 1.82) is 5.26 Å². The number of hydrogen-bond acceptors (Lipinski definition) is 5. The molecule has 88 valence electrons. The molecule has 0 bridgehead atoms. The molecule has 0 aromatic carbocycles. The zero-order chi connectivity index (χ0) is 12.6. The predicted octanol–water partition coefficient (Wildman–Crippen LogP) is 2.83. The molecule has 0 amide bonds. The monoisotopic (exact) mass is 246 g/mol. The van der Waals surface area contributed by atoms with Crippen LogP contribution in [0.3, 0.4) is 0 Å². The van der Waals surface area contributed by atoms with Crippen LogP contribution in [-0.2, 0) is 5.41 Å². The van der Waals surface area contributed by atoms with Crippen LogP contribution in [0.2, 0.25) is 0 Å². The maximum atomic E-state index is 8.88. The van der Waals surface area contributed by atoms with Crippen molar-refractivity contribution < 1.29 is 0 Å². The Hall–Kier alpha value is -1.67. The van der Waals surface area contributed by atoms with Crippen molar-refractivity contribution in [3.05, 3.63) is 16.8 Å². The molecule has 0 atom stereocenters. The van der Waals surface area contributed by atoms with E-state index in [4.69, 9.17) is 11.0 Å². The SMILES string of the molecule is CCC(C)(C)c1nc(N)c2cc(C#N)sc2n1. The highest BCUT2D eigenvalue weighted by atomic mass is 32.1. The minimum atomic E-state index is -0.0981. The maximum Gasteiger partial charge on any atom is 0.138 e. The van der Waals surface area contributed by atoms with Gasteiger partial charge >= 0.3 is 0 Å². The van der Waals surface area contributed by atoms with Crippen molar-refractivity contribution in [3.8, 4) is 6.07 Å². The van der Waals surface area contributed by atoms with Crippen molar-refractivity contribution in [2.24, 2.45) is 0 Å². The molecule has 2 heterocycles. The molecule has 0 unspecified atom stereocenters. The number of aromatic nitrogens is 2. The van der Waals surface area contributed by atoms with Gasteiger partial charge in [0, 0.05) is 5.41 Å². The van der Waals surface area contributed by atoms with Gasteiger partial charge in [-0.2, -0.15) is 5.26 Å². The van der Waals surface area contributed by atoms with Gasteiger partial charge in [0.05, 0.1) is 5.39 Å². The topological polar surface area (TPSA) is 75.6 Å². The van der Waals surface area contributed by atoms with Crippen LogP contribution in [-0.4, -0.2) is 9.97 Å². The smallest absolute Gasteiger partial charge is 0.138 e. The third-order valence-corrected chi connectivity index (χ3v) is 3.96. The van der Waals surface area contributed by atoms with E-state index in [1.54, 1.807) is 6.07 Å². The third-order valence-electron chi connectivity index (χ3n) is 3.02. The second-order valence-electron chi connectivity index (χ2n) is 4.61. The molecule has 2 rings (SSSR count). The van der Waals surface area contributed by atoms with Gasteiger partial charge in [-0.15, -0.1) is 11.3 Å². The number of nitriles is 1. The number of rotatable bonds is 2. The average Bonchev–Trinajstić information content (AvgIpc) is 2.72. The molecule has 0 spiro atoms. The fraction of sp³-hybridized carbons (Fsp3) is 0.417. The standard InChI is InChI=1S/C12H14N4S/c1-4-12(2,3)11-15-9(14)8-5-7(6-13)17-10(8)16-11/h5H,4H2,1-3H3,(H2,14,15,16). The first-order valence-corrected chi connectivity index (χ1v) is 6.27. The van der Waals surface area contributed by atoms with E-state index in [-0.39, 0.29) is 5.41 Å². The van der Waals surface area contributed by atoms with E-state index in [0.29, 0.717) is 10.7 Å². The molecule has 0 fully saturated rings. The molecule has 0 saturated carbocycles. The van der Waals surface area contributed by atoms with Gasteiger partial charge in [0.1, 0.15) is 27.4 Å². The summed E-state index contributed by atoms with van der Waals surface area (Å²) in [7, 11) is 0. The largest absolute Gasteiger partial charge is 0.383 e. The van der Waals surface area contributed by atoms with Crippen LogP contribution in [0.1, 0.15) is 37.9 Å². The molecule has 2 aromatic rings. The molecule has 0 aliphatic heterocycles. The van der Waals surface area contributed by atoms with Crippen LogP contribution in [0.15, 0.2) is 6.07 Å². The molecule has 0 radical (unpaired) electrons. The zero-order valence-electron chi connectivity index (χ0n) is 10.1. The number of hydrogen-bond donors (Lipinski definition) is 1. The quantitative estimate of drug-likeness (QED) is 0.884. The first-order chi connectivity index (χ1) is 7.97. The average molecular weight is 246 g/mol. The lowest BCUT2D eigenvalue weighted by Crippen LogP contribution is -2.20. The highest BCUT2D eigenvalue weighted by Crippen LogP contribution is 2.31. The van der Waals surface area contributed by atoms with Crippen LogP contribution in [0, 0.1) is 11.3 Å². The summed E-state index contributed by atoms with van der Waals surface area (Å²) in [5.41, 5.74) is 5.82. The van der Waals surface area contributed by atoms with E-state index in [1.165, 1.54) is 11.3 Å². The van der Waals surface area contributed by atoms with E-state index >= 15 is 0 Å². The van der Waals surface area contributed by atoms with Crippen LogP contribution >= 0.6 is 11.3 Å². The van der Waals surface area contributed by atoms with E-state index < -0.39 is 0 Å². The van der Waals surface area contributed by atoms with E-state index in [2.05, 4.69) is 36.8 Å². The summed E-state index contributed by atoms with van der Waals surface area (Å²) in [6, 6.07) is 3.86. The summed E-state index contributed by atoms with van der Waals surface area (Å²) in [6.45, 7) is 6.28. The molecule has 0 aliphatic carbocycles. The van der Waals surface area contributed by atoms with E-state index in [9.17, 15) is 0 Å². The summed E-state index contributed by atoms with van der Waals surface area (Å²) in [5, 5.41) is 9.66. The lowest BCUT2D eigenvalue weighted by Gasteiger charge is -2.20. The second kappa shape index (κ2) is 3.97. The van der Waals surface area contributed by atoms with Crippen LogP contribution in [0.25, 0.3) is 10.2 Å². The molecule has 17 heavy (non-hydrogen) atoms. The molecule has 0 aliphatic rings. The van der Waals surface area contributed by atoms with Gasteiger partial charge in [0.15, 0.2) is 0 Å². The molecule has 2 N–H and O–H groups in total. The van der Waals surface area contributed by atoms with Gasteiger partial charge < -0.3 is 5.73 Å². The lowest BCUT2D eigenvalue weighted by molar-refractivity contribution is 0.476. The highest BCUT2D eigenvalue weighted by molar-refractivity contribution is 7.19. The van der Waals surface area contributed by atoms with Crippen molar-refractivity contribution in [1.82, 2.24) is 9.97 Å². The number of fused-ring (bicyclic) bond motifs is 1. The molecular formula is C12H14N4S. The number of nitrogens with two attached hydrogens (primary N) is 1. The molecule has 5 heteroatoms. The van der Waals surface area contributed by atoms with Gasteiger partial charge in [-0.1, -0.05) is 20.8 Å². The van der Waals surface area contributed by atoms with Gasteiger partial charge in [-0.25, -0.2) is 9.97 Å². The summed E-state index contributed by atoms with van der Waals surface area (Å²) in [6.07, 6.45) is 0.939. The Morgan fingerprint density at radius 3 is 2.76 bits per heavy atom. The Morgan fingerprint density at radius 1 is 1.47 bits per heavy atom. The first kappa shape index (κ1) is 11.8. The minimum absolute atomic E-state index is 0.0981. The summed E-state index contributed by atoms with van der Waals surface area (Å²) in [5.74, 6) is 1.21. The van der Waals surface area contributed by atoms with Crippen LogP contribution in [0.4, 0.5) is 5.82 Å². The first-order valence-electron chi connectivity index (χ1n) is 5.45. The number of nitrogen functional groups attached to an aromatic ring is 1. The molecule has 0 saturated heterocycles. The fourth-order valence-electron chi connectivity index (χ4n) is 1.46. The Balaban J connectivity index is 2.67. The Kier molecular flexibility index (Phi) is 2.76. The van der Waals surface area contributed by atoms with Crippen molar-refractivity contribution >= 4 is 27.4 Å². The van der Waals surface area contributed by atoms with Crippen LogP contribution in [0.5, 0.6) is 0 Å². The van der Waals surface area contributed by atoms with Gasteiger partial charge in [-0.3, -0.25) is 0 Å². The van der Waals surface area contributed by atoms with E-state index in [1.807, 2.05) is 0 Å². The van der Waals surface area contributed by atoms with Gasteiger partial charge in [-0.05, 0) is 12.5 Å². The second-order valence-corrected chi connectivity index (χ2v) is 5.64. The maximum absolute atomic E-state index is 8.88. The number of nitrogens with zero attached hydrogens (tertiary/aromatic N) is 3. The zero-order valence-corrected chi connectivity index (χ0v) is 10.9. The highest BCUT2D eigenvalue weighted by Gasteiger charge is 2.23. The molecule has 4 nitrogen and oxygen atoms in total. The lowest BCUT2D eigenvalue weighted by atomic mass is 9.89. The van der Waals surface area contributed by atoms with Crippen LogP contribution < -0.4 is 5.73 Å². The van der Waals surface area contributed by atoms with Gasteiger partial charge in [0.2, 0.25) is 0 Å². The van der Waals surface area contributed by atoms with Crippen molar-refractivity contribution in [2.75, 3.05) is 5.73 Å². The number of anilines is 1. The summed E-state index contributed by atoms with van der Waals surface area (Å²) < 4.78 is 0. The van der Waals surface area contributed by atoms with Crippen molar-refractivity contribution in [3.63, 3.8) is 0 Å². The summed E-state index contributed by atoms with van der Waals surface area (Å²) >= 11 is 1.36. The predicted molar refractivity (Wildman–Crippen MR) is 69.9 cm³/mol. The van der Waals surface area contributed by atoms with E-state index in [0.717, 1.165) is 22.5 Å². The number of thiophene rings is 1. The Labute approximate surface area is 104 Å². The molecule has 2 aromatic heterocycles. The minimum Gasteiger partial charge on any atom is -0.383 e. The third kappa shape index (κ3) is 1.96. The Bertz CT molecular complexity index is 607. The fourth-order valence-corrected chi connectivity index (χ4v) is 2.30. The van der Waals surface area contributed by atoms with Crippen molar-refractivity contribution in [2.45, 2.75) is 32.6 Å². The molecular weight excluding hydrogens is 232 g/mol. The summed E-state index contributed by atoms with van der Waals surface area (Å²) in [4.78, 5) is 10.3. The normalized spacial score (nSPS) is 11.6. The Morgan fingerprint density at radius 2 is 2.18 bits per heavy atom.